The zero-order valence-electron chi connectivity index (χ0n) is 11.4. The summed E-state index contributed by atoms with van der Waals surface area (Å²) in [5.74, 6) is 0. The Morgan fingerprint density at radius 3 is 2.67 bits per heavy atom. The van der Waals surface area contributed by atoms with Gasteiger partial charge in [0.25, 0.3) is 0 Å². The number of carbonyl (C=O) groups is 1. The average Bonchev–Trinajstić information content (AvgIpc) is 2.29. The maximum absolute atomic E-state index is 12.0. The standard InChI is InChI=1S/C14H20N2O2/c1-9(2)18-14(17)16-6-5-15-12-7-10(3)11(4)8-13(12)16/h7-9,15H,5-6H2,1-4H3. The van der Waals surface area contributed by atoms with Crippen molar-refractivity contribution in [3.63, 3.8) is 0 Å². The Labute approximate surface area is 108 Å². The highest BCUT2D eigenvalue weighted by molar-refractivity contribution is 5.93. The SMILES string of the molecule is Cc1cc2c(cc1C)N(C(=O)OC(C)C)CCN2. The number of ether oxygens (including phenoxy) is 1. The molecule has 1 N–H and O–H groups in total. The van der Waals surface area contributed by atoms with Gasteiger partial charge in [-0.1, -0.05) is 0 Å². The molecule has 0 saturated carbocycles. The molecule has 1 aromatic carbocycles. The Kier molecular flexibility index (Phi) is 3.45. The number of anilines is 2. The molecular formula is C14H20N2O2. The summed E-state index contributed by atoms with van der Waals surface area (Å²) in [4.78, 5) is 13.8. The number of aryl methyl sites for hydroxylation is 2. The van der Waals surface area contributed by atoms with Gasteiger partial charge in [-0.15, -0.1) is 0 Å². The Morgan fingerprint density at radius 2 is 2.00 bits per heavy atom. The monoisotopic (exact) mass is 248 g/mol. The van der Waals surface area contributed by atoms with Gasteiger partial charge in [0.15, 0.2) is 0 Å². The molecule has 4 nitrogen and oxygen atoms in total. The van der Waals surface area contributed by atoms with Gasteiger partial charge in [-0.05, 0) is 51.0 Å². The normalized spacial score (nSPS) is 14.2. The van der Waals surface area contributed by atoms with Crippen molar-refractivity contribution in [2.45, 2.75) is 33.8 Å². The topological polar surface area (TPSA) is 41.6 Å². The van der Waals surface area contributed by atoms with E-state index >= 15 is 0 Å². The first-order valence-electron chi connectivity index (χ1n) is 6.32. The first-order valence-corrected chi connectivity index (χ1v) is 6.32. The second kappa shape index (κ2) is 4.88. The van der Waals surface area contributed by atoms with Crippen molar-refractivity contribution in [3.8, 4) is 0 Å². The molecule has 0 bridgehead atoms. The van der Waals surface area contributed by atoms with Crippen molar-refractivity contribution >= 4 is 17.5 Å². The van der Waals surface area contributed by atoms with E-state index in [4.69, 9.17) is 4.74 Å². The molecule has 0 fully saturated rings. The molecule has 98 valence electrons. The molecule has 4 heteroatoms. The minimum absolute atomic E-state index is 0.0950. The van der Waals surface area contributed by atoms with Crippen LogP contribution in [0.25, 0.3) is 0 Å². The molecule has 0 spiro atoms. The zero-order valence-corrected chi connectivity index (χ0v) is 11.4. The summed E-state index contributed by atoms with van der Waals surface area (Å²) in [5.41, 5.74) is 4.32. The van der Waals surface area contributed by atoms with Gasteiger partial charge in [0.1, 0.15) is 0 Å². The van der Waals surface area contributed by atoms with Crippen LogP contribution in [0.2, 0.25) is 0 Å². The fourth-order valence-electron chi connectivity index (χ4n) is 2.04. The van der Waals surface area contributed by atoms with Crippen LogP contribution in [0.4, 0.5) is 16.2 Å². The van der Waals surface area contributed by atoms with E-state index < -0.39 is 0 Å². The molecule has 1 aliphatic heterocycles. The zero-order chi connectivity index (χ0) is 13.3. The van der Waals surface area contributed by atoms with E-state index in [0.29, 0.717) is 6.54 Å². The summed E-state index contributed by atoms with van der Waals surface area (Å²) in [6.07, 6.45) is -0.363. The average molecular weight is 248 g/mol. The van der Waals surface area contributed by atoms with Gasteiger partial charge in [0.2, 0.25) is 0 Å². The molecule has 2 rings (SSSR count). The first-order chi connectivity index (χ1) is 8.49. The van der Waals surface area contributed by atoms with Gasteiger partial charge in [0, 0.05) is 13.1 Å². The van der Waals surface area contributed by atoms with Gasteiger partial charge in [0.05, 0.1) is 17.5 Å². The summed E-state index contributed by atoms with van der Waals surface area (Å²) >= 11 is 0. The molecule has 0 aromatic heterocycles. The smallest absolute Gasteiger partial charge is 0.414 e. The molecule has 0 atom stereocenters. The predicted molar refractivity (Wildman–Crippen MR) is 73.4 cm³/mol. The Hall–Kier alpha value is -1.71. The number of nitrogens with one attached hydrogen (secondary N) is 1. The van der Waals surface area contributed by atoms with E-state index in [1.165, 1.54) is 11.1 Å². The van der Waals surface area contributed by atoms with Gasteiger partial charge >= 0.3 is 6.09 Å². The maximum atomic E-state index is 12.0. The number of nitrogens with zero attached hydrogens (tertiary/aromatic N) is 1. The fourth-order valence-corrected chi connectivity index (χ4v) is 2.04. The lowest BCUT2D eigenvalue weighted by Crippen LogP contribution is -2.40. The van der Waals surface area contributed by atoms with Crippen LogP contribution in [0.3, 0.4) is 0 Å². The Balaban J connectivity index is 2.33. The maximum Gasteiger partial charge on any atom is 0.414 e. The lowest BCUT2D eigenvalue weighted by molar-refractivity contribution is 0.122. The Morgan fingerprint density at radius 1 is 1.33 bits per heavy atom. The predicted octanol–water partition coefficient (Wildman–Crippen LogP) is 3.08. The summed E-state index contributed by atoms with van der Waals surface area (Å²) in [6, 6.07) is 4.12. The number of hydrogen-bond donors (Lipinski definition) is 1. The van der Waals surface area contributed by atoms with Crippen LogP contribution in [0.15, 0.2) is 12.1 Å². The van der Waals surface area contributed by atoms with Crippen LogP contribution < -0.4 is 10.2 Å². The van der Waals surface area contributed by atoms with Crippen molar-refractivity contribution in [3.05, 3.63) is 23.3 Å². The summed E-state index contributed by atoms with van der Waals surface area (Å²) < 4.78 is 5.28. The largest absolute Gasteiger partial charge is 0.446 e. The van der Waals surface area contributed by atoms with Gasteiger partial charge < -0.3 is 10.1 Å². The minimum Gasteiger partial charge on any atom is -0.446 e. The number of hydrogen-bond acceptors (Lipinski definition) is 3. The number of benzene rings is 1. The molecule has 1 aromatic rings. The van der Waals surface area contributed by atoms with E-state index in [0.717, 1.165) is 17.9 Å². The second-order valence-corrected chi connectivity index (χ2v) is 4.96. The minimum atomic E-state index is -0.268. The summed E-state index contributed by atoms with van der Waals surface area (Å²) in [5, 5.41) is 3.32. The van der Waals surface area contributed by atoms with E-state index in [9.17, 15) is 4.79 Å². The molecule has 0 unspecified atom stereocenters. The van der Waals surface area contributed by atoms with Crippen molar-refractivity contribution in [2.24, 2.45) is 0 Å². The highest BCUT2D eigenvalue weighted by Gasteiger charge is 2.24. The number of amides is 1. The third kappa shape index (κ3) is 2.42. The van der Waals surface area contributed by atoms with Crippen LogP contribution in [-0.4, -0.2) is 25.3 Å². The Bertz CT molecular complexity index is 469. The van der Waals surface area contributed by atoms with Crippen molar-refractivity contribution in [2.75, 3.05) is 23.3 Å². The number of rotatable bonds is 1. The van der Waals surface area contributed by atoms with E-state index in [1.54, 1.807) is 4.90 Å². The molecule has 0 radical (unpaired) electrons. The lowest BCUT2D eigenvalue weighted by atomic mass is 10.1. The molecule has 1 heterocycles. The third-order valence-corrected chi connectivity index (χ3v) is 3.11. The molecule has 0 aliphatic carbocycles. The lowest BCUT2D eigenvalue weighted by Gasteiger charge is -2.31. The quantitative estimate of drug-likeness (QED) is 0.830. The third-order valence-electron chi connectivity index (χ3n) is 3.11. The molecule has 1 amide bonds. The molecule has 1 aliphatic rings. The van der Waals surface area contributed by atoms with Crippen molar-refractivity contribution < 1.29 is 9.53 Å². The van der Waals surface area contributed by atoms with E-state index in [1.807, 2.05) is 19.9 Å². The summed E-state index contributed by atoms with van der Waals surface area (Å²) in [6.45, 7) is 9.24. The first kappa shape index (κ1) is 12.7. The van der Waals surface area contributed by atoms with Crippen LogP contribution in [0, 0.1) is 13.8 Å². The van der Waals surface area contributed by atoms with Gasteiger partial charge in [-0.25, -0.2) is 4.79 Å². The van der Waals surface area contributed by atoms with E-state index in [-0.39, 0.29) is 12.2 Å². The highest BCUT2D eigenvalue weighted by Crippen LogP contribution is 2.32. The molecular weight excluding hydrogens is 228 g/mol. The van der Waals surface area contributed by atoms with Crippen molar-refractivity contribution in [1.82, 2.24) is 0 Å². The van der Waals surface area contributed by atoms with Crippen LogP contribution in [-0.2, 0) is 4.74 Å². The van der Waals surface area contributed by atoms with Gasteiger partial charge in [-0.2, -0.15) is 0 Å². The van der Waals surface area contributed by atoms with Gasteiger partial charge in [-0.3, -0.25) is 4.90 Å². The van der Waals surface area contributed by atoms with E-state index in [2.05, 4.69) is 25.2 Å². The van der Waals surface area contributed by atoms with Crippen LogP contribution >= 0.6 is 0 Å². The molecule has 0 saturated heterocycles. The summed E-state index contributed by atoms with van der Waals surface area (Å²) in [7, 11) is 0. The molecule has 18 heavy (non-hydrogen) atoms. The second-order valence-electron chi connectivity index (χ2n) is 4.96. The van der Waals surface area contributed by atoms with Crippen molar-refractivity contribution in [1.29, 1.82) is 0 Å². The van der Waals surface area contributed by atoms with Crippen LogP contribution in [0.5, 0.6) is 0 Å². The highest BCUT2D eigenvalue weighted by atomic mass is 16.6. The fraction of sp³-hybridized carbons (Fsp3) is 0.500. The van der Waals surface area contributed by atoms with Crippen LogP contribution in [0.1, 0.15) is 25.0 Å². The number of carbonyl (C=O) groups excluding carboxylic acids is 1. The number of fused-ring (bicyclic) bond motifs is 1.